The molecule has 1 unspecified atom stereocenters. The van der Waals surface area contributed by atoms with E-state index in [-0.39, 0.29) is 11.8 Å². The lowest BCUT2D eigenvalue weighted by Gasteiger charge is -2.11. The fourth-order valence-corrected chi connectivity index (χ4v) is 3.48. The first-order chi connectivity index (χ1) is 15.1. The van der Waals surface area contributed by atoms with Crippen LogP contribution in [0.1, 0.15) is 21.8 Å². The van der Waals surface area contributed by atoms with Gasteiger partial charge in [-0.1, -0.05) is 48.0 Å². The second kappa shape index (κ2) is 9.41. The van der Waals surface area contributed by atoms with E-state index in [2.05, 4.69) is 33.5 Å². The minimum Gasteiger partial charge on any atom is -0.481 e. The quantitative estimate of drug-likeness (QED) is 0.549. The second-order valence-corrected chi connectivity index (χ2v) is 7.32. The molecule has 0 saturated heterocycles. The number of anilines is 1. The average molecular weight is 430 g/mol. The lowest BCUT2D eigenvalue weighted by molar-refractivity contribution is 0.102. The number of hydrogen-bond donors (Lipinski definition) is 1. The number of pyridine rings is 1. The normalized spacial score (nSPS) is 14.8. The Morgan fingerprint density at radius 1 is 1.06 bits per heavy atom. The van der Waals surface area contributed by atoms with Crippen LogP contribution < -0.4 is 10.1 Å². The number of rotatable bonds is 5. The summed E-state index contributed by atoms with van der Waals surface area (Å²) in [5, 5.41) is 3.42. The summed E-state index contributed by atoms with van der Waals surface area (Å²) in [6, 6.07) is 16.8. The van der Waals surface area contributed by atoms with Crippen LogP contribution in [-0.2, 0) is 0 Å². The van der Waals surface area contributed by atoms with Crippen molar-refractivity contribution in [2.75, 3.05) is 12.4 Å². The van der Waals surface area contributed by atoms with Crippen LogP contribution in [0.4, 0.5) is 5.69 Å². The summed E-state index contributed by atoms with van der Waals surface area (Å²) in [6.07, 6.45) is 11.2. The number of benzene rings is 2. The van der Waals surface area contributed by atoms with Crippen LogP contribution in [0.3, 0.4) is 0 Å². The summed E-state index contributed by atoms with van der Waals surface area (Å²) in [6.45, 7) is 0. The van der Waals surface area contributed by atoms with E-state index < -0.39 is 0 Å². The Morgan fingerprint density at radius 2 is 1.90 bits per heavy atom. The second-order valence-electron chi connectivity index (χ2n) is 6.91. The Bertz CT molecular complexity index is 1150. The molecule has 5 nitrogen and oxygen atoms in total. The third-order valence-corrected chi connectivity index (χ3v) is 5.24. The van der Waals surface area contributed by atoms with E-state index in [4.69, 9.17) is 16.3 Å². The van der Waals surface area contributed by atoms with Crippen molar-refractivity contribution in [3.63, 3.8) is 0 Å². The number of nitrogens with zero attached hydrogens (tertiary/aromatic N) is 2. The zero-order valence-electron chi connectivity index (χ0n) is 16.8. The van der Waals surface area contributed by atoms with Gasteiger partial charge < -0.3 is 10.1 Å². The molecule has 6 heteroatoms. The highest BCUT2D eigenvalue weighted by Gasteiger charge is 2.12. The summed E-state index contributed by atoms with van der Waals surface area (Å²) < 4.78 is 5.04. The van der Waals surface area contributed by atoms with E-state index in [0.29, 0.717) is 22.2 Å². The van der Waals surface area contributed by atoms with Crippen LogP contribution in [0.15, 0.2) is 90.2 Å². The number of ether oxygens (including phenoxy) is 1. The average Bonchev–Trinajstić information content (AvgIpc) is 3.10. The molecule has 4 rings (SSSR count). The van der Waals surface area contributed by atoms with Crippen molar-refractivity contribution >= 4 is 29.4 Å². The van der Waals surface area contributed by atoms with Gasteiger partial charge in [0.15, 0.2) is 0 Å². The molecule has 1 aliphatic heterocycles. The van der Waals surface area contributed by atoms with Crippen LogP contribution in [0.2, 0.25) is 5.02 Å². The summed E-state index contributed by atoms with van der Waals surface area (Å²) in [5.74, 6) is 0.412. The van der Waals surface area contributed by atoms with E-state index in [9.17, 15) is 4.79 Å². The fraction of sp³-hybridized carbons (Fsp3) is 0.0800. The Hall–Kier alpha value is -3.70. The number of carbonyl (C=O) groups excluding carboxylic acids is 1. The molecule has 1 amide bonds. The molecule has 1 aliphatic rings. The Kier molecular flexibility index (Phi) is 6.24. The van der Waals surface area contributed by atoms with Crippen LogP contribution >= 0.6 is 11.6 Å². The lowest BCUT2D eigenvalue weighted by atomic mass is 9.95. The van der Waals surface area contributed by atoms with Crippen molar-refractivity contribution in [2.45, 2.75) is 5.92 Å². The number of hydrogen-bond acceptors (Lipinski definition) is 4. The number of aromatic nitrogens is 1. The van der Waals surface area contributed by atoms with E-state index >= 15 is 0 Å². The lowest BCUT2D eigenvalue weighted by Crippen LogP contribution is -2.12. The monoisotopic (exact) mass is 429 g/mol. The third kappa shape index (κ3) is 4.90. The van der Waals surface area contributed by atoms with E-state index in [0.717, 1.165) is 16.7 Å². The molecule has 1 atom stereocenters. The number of amides is 1. The van der Waals surface area contributed by atoms with Gasteiger partial charge in [0.2, 0.25) is 5.88 Å². The smallest absolute Gasteiger partial charge is 0.255 e. The summed E-state index contributed by atoms with van der Waals surface area (Å²) in [4.78, 5) is 20.9. The molecular weight excluding hydrogens is 410 g/mol. The van der Waals surface area contributed by atoms with Gasteiger partial charge in [-0.3, -0.25) is 9.79 Å². The maximum Gasteiger partial charge on any atom is 0.255 e. The number of nitrogens with one attached hydrogen (secondary N) is 1. The Morgan fingerprint density at radius 3 is 2.65 bits per heavy atom. The van der Waals surface area contributed by atoms with Crippen molar-refractivity contribution < 1.29 is 9.53 Å². The van der Waals surface area contributed by atoms with Crippen molar-refractivity contribution in [1.29, 1.82) is 0 Å². The predicted octanol–water partition coefficient (Wildman–Crippen LogP) is 5.90. The molecule has 0 spiro atoms. The number of methoxy groups -OCH3 is 1. The molecule has 154 valence electrons. The highest BCUT2D eigenvalue weighted by molar-refractivity contribution is 6.33. The first kappa shape index (κ1) is 20.6. The van der Waals surface area contributed by atoms with Gasteiger partial charge in [-0.05, 0) is 41.5 Å². The maximum atomic E-state index is 12.7. The van der Waals surface area contributed by atoms with Gasteiger partial charge in [0.1, 0.15) is 0 Å². The Labute approximate surface area is 185 Å². The summed E-state index contributed by atoms with van der Waals surface area (Å²) >= 11 is 6.44. The molecule has 1 aromatic heterocycles. The van der Waals surface area contributed by atoms with Crippen LogP contribution in [0.5, 0.6) is 5.88 Å². The van der Waals surface area contributed by atoms with Crippen LogP contribution in [0.25, 0.3) is 11.1 Å². The van der Waals surface area contributed by atoms with Gasteiger partial charge in [0.25, 0.3) is 5.91 Å². The number of halogens is 1. The molecule has 31 heavy (non-hydrogen) atoms. The van der Waals surface area contributed by atoms with E-state index in [1.807, 2.05) is 24.3 Å². The zero-order valence-corrected chi connectivity index (χ0v) is 17.6. The molecule has 0 bridgehead atoms. The van der Waals surface area contributed by atoms with Crippen molar-refractivity contribution in [1.82, 2.24) is 4.98 Å². The molecule has 2 aromatic carbocycles. The topological polar surface area (TPSA) is 63.6 Å². The summed E-state index contributed by atoms with van der Waals surface area (Å²) in [7, 11) is 1.54. The minimum atomic E-state index is -0.241. The molecule has 0 radical (unpaired) electrons. The number of carbonyl (C=O) groups is 1. The molecule has 0 fully saturated rings. The standard InChI is InChI=1S/C25H20ClN3O2/c1-31-24-11-9-21(16-28-24)29-25(30)20-8-10-23(26)22(15-20)19-6-4-18(5-7-19)17-3-2-13-27-14-12-17/h2-17H,1H3,(H,29,30). The highest BCUT2D eigenvalue weighted by Crippen LogP contribution is 2.31. The fourth-order valence-electron chi connectivity index (χ4n) is 3.25. The number of aliphatic imine (C=N–C) groups is 1. The molecular formula is C25H20ClN3O2. The highest BCUT2D eigenvalue weighted by atomic mass is 35.5. The zero-order chi connectivity index (χ0) is 21.6. The minimum absolute atomic E-state index is 0.169. The molecule has 0 saturated carbocycles. The van der Waals surface area contributed by atoms with Gasteiger partial charge in [0.05, 0.1) is 19.0 Å². The van der Waals surface area contributed by atoms with E-state index in [1.54, 1.807) is 56.1 Å². The van der Waals surface area contributed by atoms with E-state index in [1.165, 1.54) is 0 Å². The largest absolute Gasteiger partial charge is 0.481 e. The van der Waals surface area contributed by atoms with Crippen molar-refractivity contribution in [3.8, 4) is 17.0 Å². The molecule has 1 N–H and O–H groups in total. The Balaban J connectivity index is 1.55. The molecule has 3 aromatic rings. The maximum absolute atomic E-state index is 12.7. The van der Waals surface area contributed by atoms with Gasteiger partial charge >= 0.3 is 0 Å². The van der Waals surface area contributed by atoms with Gasteiger partial charge in [-0.25, -0.2) is 4.98 Å². The molecule has 0 aliphatic carbocycles. The van der Waals surface area contributed by atoms with Crippen LogP contribution in [-0.4, -0.2) is 24.2 Å². The summed E-state index contributed by atoms with van der Waals surface area (Å²) in [5.41, 5.74) is 3.97. The van der Waals surface area contributed by atoms with Crippen LogP contribution in [0, 0.1) is 0 Å². The first-order valence-electron chi connectivity index (χ1n) is 9.72. The van der Waals surface area contributed by atoms with Gasteiger partial charge in [-0.15, -0.1) is 0 Å². The molecule has 2 heterocycles. The third-order valence-electron chi connectivity index (χ3n) is 4.91. The van der Waals surface area contributed by atoms with Gasteiger partial charge in [0, 0.05) is 40.5 Å². The van der Waals surface area contributed by atoms with Crippen molar-refractivity contribution in [3.05, 3.63) is 101 Å². The van der Waals surface area contributed by atoms with Gasteiger partial charge in [-0.2, -0.15) is 0 Å². The SMILES string of the molecule is COc1ccc(NC(=O)c2ccc(Cl)c(-c3ccc(C4C=CC=NC=C4)cc3)c2)cn1. The van der Waals surface area contributed by atoms with Crippen molar-refractivity contribution in [2.24, 2.45) is 4.99 Å². The number of allylic oxidation sites excluding steroid dienone is 3. The predicted molar refractivity (Wildman–Crippen MR) is 125 cm³/mol. The first-order valence-corrected chi connectivity index (χ1v) is 10.1.